The van der Waals surface area contributed by atoms with Gasteiger partial charge in [0.25, 0.3) is 0 Å². The minimum atomic E-state index is -0.782. The van der Waals surface area contributed by atoms with Crippen LogP contribution in [0, 0.1) is 34.4 Å². The van der Waals surface area contributed by atoms with Crippen molar-refractivity contribution in [2.75, 3.05) is 0 Å². The maximum Gasteiger partial charge on any atom is 0.238 e. The quantitative estimate of drug-likeness (QED) is 0.802. The molecular weight excluding hydrogens is 379 g/mol. The van der Waals surface area contributed by atoms with Crippen LogP contribution in [-0.2, 0) is 11.2 Å². The molecule has 6 heteroatoms. The van der Waals surface area contributed by atoms with E-state index in [1.54, 1.807) is 36.4 Å². The average molecular weight is 402 g/mol. The summed E-state index contributed by atoms with van der Waals surface area (Å²) in [7, 11) is 0. The summed E-state index contributed by atoms with van der Waals surface area (Å²) in [6, 6.07) is 15.3. The summed E-state index contributed by atoms with van der Waals surface area (Å²) in [5.74, 6) is -0.0426. The first-order valence-corrected chi connectivity index (χ1v) is 10.3. The molecule has 2 aromatic rings. The van der Waals surface area contributed by atoms with Crippen LogP contribution >= 0.6 is 0 Å². The van der Waals surface area contributed by atoms with Crippen LogP contribution in [0.2, 0.25) is 0 Å². The number of nitriles is 2. The molecule has 0 aromatic heterocycles. The normalized spacial score (nSPS) is 23.2. The highest BCUT2D eigenvalue weighted by atomic mass is 19.1. The van der Waals surface area contributed by atoms with Gasteiger partial charge < -0.3 is 10.6 Å². The summed E-state index contributed by atoms with van der Waals surface area (Å²) >= 11 is 0. The van der Waals surface area contributed by atoms with E-state index in [1.165, 1.54) is 12.5 Å². The molecule has 30 heavy (non-hydrogen) atoms. The summed E-state index contributed by atoms with van der Waals surface area (Å²) in [5, 5.41) is 24.5. The third-order valence-corrected chi connectivity index (χ3v) is 6.23. The zero-order valence-electron chi connectivity index (χ0n) is 16.6. The number of carbonyl (C=O) groups excluding carboxylic acids is 1. The lowest BCUT2D eigenvalue weighted by Crippen LogP contribution is -2.46. The first-order chi connectivity index (χ1) is 14.6. The number of hydrogen-bond donors (Lipinski definition) is 2. The Bertz CT molecular complexity index is 1010. The fourth-order valence-electron chi connectivity index (χ4n) is 4.60. The van der Waals surface area contributed by atoms with E-state index in [2.05, 4.69) is 22.8 Å². The topological polar surface area (TPSA) is 88.7 Å². The zero-order valence-corrected chi connectivity index (χ0v) is 16.6. The van der Waals surface area contributed by atoms with E-state index >= 15 is 0 Å². The van der Waals surface area contributed by atoms with Crippen LogP contribution in [0.5, 0.6) is 0 Å². The number of fused-ring (bicyclic) bond motifs is 1. The van der Waals surface area contributed by atoms with Gasteiger partial charge in [0, 0.05) is 12.5 Å². The predicted octanol–water partition coefficient (Wildman–Crippen LogP) is 3.45. The molecule has 2 aliphatic rings. The molecule has 0 radical (unpaired) electrons. The number of benzene rings is 2. The van der Waals surface area contributed by atoms with Gasteiger partial charge in [0.05, 0.1) is 23.7 Å². The Kier molecular flexibility index (Phi) is 5.79. The van der Waals surface area contributed by atoms with Gasteiger partial charge in [-0.15, -0.1) is 0 Å². The fraction of sp³-hybridized carbons (Fsp3) is 0.375. The molecule has 1 aliphatic carbocycles. The Labute approximate surface area is 175 Å². The lowest BCUT2D eigenvalue weighted by Gasteiger charge is -2.17. The predicted molar refractivity (Wildman–Crippen MR) is 110 cm³/mol. The molecule has 2 N–H and O–H groups in total. The van der Waals surface area contributed by atoms with Crippen LogP contribution in [0.3, 0.4) is 0 Å². The molecule has 5 nitrogen and oxygen atoms in total. The second-order valence-corrected chi connectivity index (χ2v) is 8.14. The zero-order chi connectivity index (χ0) is 21.1. The Hall–Kier alpha value is -3.22. The lowest BCUT2D eigenvalue weighted by atomic mass is 9.99. The fourth-order valence-corrected chi connectivity index (χ4v) is 4.60. The van der Waals surface area contributed by atoms with E-state index in [9.17, 15) is 14.4 Å². The van der Waals surface area contributed by atoms with Gasteiger partial charge in [-0.2, -0.15) is 10.5 Å². The molecule has 1 saturated carbocycles. The molecule has 4 unspecified atom stereocenters. The van der Waals surface area contributed by atoms with Crippen molar-refractivity contribution in [3.05, 3.63) is 59.4 Å². The molecule has 1 aliphatic heterocycles. The summed E-state index contributed by atoms with van der Waals surface area (Å²) in [4.78, 5) is 12.6. The number of nitrogens with zero attached hydrogens (tertiary/aromatic N) is 2. The number of amides is 1. The second kappa shape index (κ2) is 8.65. The van der Waals surface area contributed by atoms with E-state index in [4.69, 9.17) is 5.26 Å². The highest BCUT2D eigenvalue weighted by Gasteiger charge is 2.40. The van der Waals surface area contributed by atoms with Crippen LogP contribution in [-0.4, -0.2) is 24.0 Å². The standard InChI is InChI=1S/C24H23FN4O/c25-21-11-17(16-6-4-15(13-26)5-7-16)8-9-18(21)10-20(14-27)28-24(30)23-12-19-2-1-3-22(19)29-23/h4-9,11,19-20,22-23,29H,1-3,10,12H2,(H,28,30). The second-order valence-electron chi connectivity index (χ2n) is 8.14. The van der Waals surface area contributed by atoms with E-state index in [0.717, 1.165) is 24.8 Å². The first-order valence-electron chi connectivity index (χ1n) is 10.3. The minimum Gasteiger partial charge on any atom is -0.339 e. The van der Waals surface area contributed by atoms with Crippen molar-refractivity contribution in [1.29, 1.82) is 10.5 Å². The van der Waals surface area contributed by atoms with Crippen molar-refractivity contribution >= 4 is 5.91 Å². The van der Waals surface area contributed by atoms with Gasteiger partial charge in [-0.25, -0.2) is 4.39 Å². The highest BCUT2D eigenvalue weighted by Crippen LogP contribution is 2.34. The Morgan fingerprint density at radius 2 is 1.93 bits per heavy atom. The molecule has 4 rings (SSSR count). The van der Waals surface area contributed by atoms with Gasteiger partial charge in [0.2, 0.25) is 5.91 Å². The van der Waals surface area contributed by atoms with Crippen molar-refractivity contribution in [2.24, 2.45) is 5.92 Å². The van der Waals surface area contributed by atoms with Crippen LogP contribution < -0.4 is 10.6 Å². The first kappa shape index (κ1) is 20.1. The van der Waals surface area contributed by atoms with Crippen molar-refractivity contribution in [1.82, 2.24) is 10.6 Å². The summed E-state index contributed by atoms with van der Waals surface area (Å²) in [5.41, 5.74) is 2.43. The lowest BCUT2D eigenvalue weighted by molar-refractivity contribution is -0.123. The molecule has 4 atom stereocenters. The summed E-state index contributed by atoms with van der Waals surface area (Å²) < 4.78 is 14.7. The molecule has 0 bridgehead atoms. The van der Waals surface area contributed by atoms with Crippen molar-refractivity contribution < 1.29 is 9.18 Å². The van der Waals surface area contributed by atoms with Crippen LogP contribution in [0.1, 0.15) is 36.8 Å². The molecule has 1 saturated heterocycles. The maximum absolute atomic E-state index is 14.7. The van der Waals surface area contributed by atoms with E-state index in [0.29, 0.717) is 28.7 Å². The molecular formula is C24H23FN4O. The van der Waals surface area contributed by atoms with Gasteiger partial charge in [0.1, 0.15) is 11.9 Å². The van der Waals surface area contributed by atoms with Crippen LogP contribution in [0.15, 0.2) is 42.5 Å². The van der Waals surface area contributed by atoms with E-state index in [1.807, 2.05) is 0 Å². The number of hydrogen-bond acceptors (Lipinski definition) is 4. The SMILES string of the molecule is N#Cc1ccc(-c2ccc(CC(C#N)NC(=O)C3CC4CCCC4N3)c(F)c2)cc1. The number of carbonyl (C=O) groups is 1. The van der Waals surface area contributed by atoms with E-state index in [-0.39, 0.29) is 18.4 Å². The Balaban J connectivity index is 1.40. The third kappa shape index (κ3) is 4.20. The largest absolute Gasteiger partial charge is 0.339 e. The molecule has 1 amide bonds. The minimum absolute atomic E-state index is 0.112. The summed E-state index contributed by atoms with van der Waals surface area (Å²) in [6.45, 7) is 0. The van der Waals surface area contributed by atoms with Gasteiger partial charge in [-0.1, -0.05) is 30.7 Å². The Morgan fingerprint density at radius 1 is 1.17 bits per heavy atom. The number of halogens is 1. The number of nitrogens with one attached hydrogen (secondary N) is 2. The highest BCUT2D eigenvalue weighted by molar-refractivity contribution is 5.82. The molecule has 0 spiro atoms. The smallest absolute Gasteiger partial charge is 0.238 e. The molecule has 2 fully saturated rings. The van der Waals surface area contributed by atoms with Crippen molar-refractivity contribution in [2.45, 2.75) is 50.2 Å². The van der Waals surface area contributed by atoms with Gasteiger partial charge in [-0.05, 0) is 60.1 Å². The monoisotopic (exact) mass is 402 g/mol. The van der Waals surface area contributed by atoms with Crippen molar-refractivity contribution in [3.63, 3.8) is 0 Å². The van der Waals surface area contributed by atoms with Gasteiger partial charge in [0.15, 0.2) is 0 Å². The van der Waals surface area contributed by atoms with Crippen molar-refractivity contribution in [3.8, 4) is 23.3 Å². The van der Waals surface area contributed by atoms with Crippen LogP contribution in [0.4, 0.5) is 4.39 Å². The molecule has 1 heterocycles. The third-order valence-electron chi connectivity index (χ3n) is 6.23. The average Bonchev–Trinajstić information content (AvgIpc) is 3.37. The summed E-state index contributed by atoms with van der Waals surface area (Å²) in [6.07, 6.45) is 4.38. The van der Waals surface area contributed by atoms with Crippen LogP contribution in [0.25, 0.3) is 11.1 Å². The van der Waals surface area contributed by atoms with E-state index < -0.39 is 11.9 Å². The van der Waals surface area contributed by atoms with Gasteiger partial charge in [-0.3, -0.25) is 4.79 Å². The number of rotatable bonds is 5. The van der Waals surface area contributed by atoms with Gasteiger partial charge >= 0.3 is 0 Å². The maximum atomic E-state index is 14.7. The Morgan fingerprint density at radius 3 is 2.60 bits per heavy atom. The molecule has 2 aromatic carbocycles. The molecule has 152 valence electrons.